The molecule has 3 heteroatoms. The Kier molecular flexibility index (Phi) is 5.40. The largest absolute Gasteiger partial charge is 0.390 e. The van der Waals surface area contributed by atoms with E-state index in [1.54, 1.807) is 0 Å². The van der Waals surface area contributed by atoms with Crippen molar-refractivity contribution in [1.82, 2.24) is 9.80 Å². The minimum Gasteiger partial charge on any atom is -0.390 e. The molecule has 1 aromatic rings. The number of aliphatic hydroxyl groups is 1. The van der Waals surface area contributed by atoms with Crippen molar-refractivity contribution in [3.8, 4) is 0 Å². The maximum Gasteiger partial charge on any atom is 0.0594 e. The fourth-order valence-electron chi connectivity index (χ4n) is 3.88. The van der Waals surface area contributed by atoms with Gasteiger partial charge in [-0.2, -0.15) is 0 Å². The van der Waals surface area contributed by atoms with Gasteiger partial charge in [0, 0.05) is 25.7 Å². The van der Waals surface area contributed by atoms with Crippen LogP contribution in [-0.4, -0.2) is 52.7 Å². The van der Waals surface area contributed by atoms with Crippen LogP contribution in [0.2, 0.25) is 0 Å². The van der Waals surface area contributed by atoms with Crippen molar-refractivity contribution in [3.05, 3.63) is 35.4 Å². The summed E-state index contributed by atoms with van der Waals surface area (Å²) in [5.41, 5.74) is 2.17. The van der Waals surface area contributed by atoms with Gasteiger partial charge in [-0.3, -0.25) is 9.80 Å². The molecule has 23 heavy (non-hydrogen) atoms. The number of rotatable bonds is 6. The van der Waals surface area contributed by atoms with Crippen LogP contribution in [0.5, 0.6) is 0 Å². The Balaban J connectivity index is 1.47. The quantitative estimate of drug-likeness (QED) is 0.874. The van der Waals surface area contributed by atoms with Gasteiger partial charge in [0.1, 0.15) is 0 Å². The zero-order valence-corrected chi connectivity index (χ0v) is 14.8. The van der Waals surface area contributed by atoms with E-state index in [0.717, 1.165) is 25.4 Å². The molecule has 2 aliphatic rings. The minimum absolute atomic E-state index is 0.571. The van der Waals surface area contributed by atoms with Crippen molar-refractivity contribution in [2.45, 2.75) is 64.1 Å². The van der Waals surface area contributed by atoms with Crippen molar-refractivity contribution in [2.75, 3.05) is 26.2 Å². The van der Waals surface area contributed by atoms with E-state index in [-0.39, 0.29) is 0 Å². The van der Waals surface area contributed by atoms with Gasteiger partial charge in [-0.1, -0.05) is 24.3 Å². The van der Waals surface area contributed by atoms with E-state index in [1.165, 1.54) is 56.6 Å². The number of nitrogens with zero attached hydrogens (tertiary/aromatic N) is 2. The molecular weight excluding hydrogens is 284 g/mol. The molecule has 1 unspecified atom stereocenters. The average Bonchev–Trinajstić information content (AvgIpc) is 3.16. The fourth-order valence-corrected chi connectivity index (χ4v) is 3.88. The Hall–Kier alpha value is -0.900. The molecule has 2 heterocycles. The van der Waals surface area contributed by atoms with Gasteiger partial charge in [0.25, 0.3) is 0 Å². The zero-order valence-electron chi connectivity index (χ0n) is 14.8. The van der Waals surface area contributed by atoms with E-state index in [9.17, 15) is 5.11 Å². The first-order valence-electron chi connectivity index (χ1n) is 9.26. The van der Waals surface area contributed by atoms with Gasteiger partial charge in [0.2, 0.25) is 0 Å². The number of aryl methyl sites for hydroxylation is 1. The Morgan fingerprint density at radius 1 is 1.04 bits per heavy atom. The normalized spacial score (nSPS) is 23.7. The number of likely N-dealkylation sites (tertiary alicyclic amines) is 2. The monoisotopic (exact) mass is 316 g/mol. The van der Waals surface area contributed by atoms with Gasteiger partial charge >= 0.3 is 0 Å². The maximum atomic E-state index is 9.83. The maximum absolute atomic E-state index is 9.83. The van der Waals surface area contributed by atoms with E-state index in [0.29, 0.717) is 0 Å². The third-order valence-electron chi connectivity index (χ3n) is 5.36. The van der Waals surface area contributed by atoms with Gasteiger partial charge < -0.3 is 5.11 Å². The molecule has 2 saturated heterocycles. The Morgan fingerprint density at radius 2 is 1.70 bits per heavy atom. The molecule has 0 spiro atoms. The Morgan fingerprint density at radius 3 is 2.35 bits per heavy atom. The first kappa shape index (κ1) is 16.9. The van der Waals surface area contributed by atoms with Crippen molar-refractivity contribution in [1.29, 1.82) is 0 Å². The average molecular weight is 316 g/mol. The topological polar surface area (TPSA) is 26.7 Å². The number of hydrogen-bond acceptors (Lipinski definition) is 3. The molecule has 1 aromatic carbocycles. The second kappa shape index (κ2) is 7.33. The van der Waals surface area contributed by atoms with Crippen LogP contribution >= 0.6 is 0 Å². The third-order valence-corrected chi connectivity index (χ3v) is 5.36. The van der Waals surface area contributed by atoms with Crippen LogP contribution in [0.15, 0.2) is 24.3 Å². The second-order valence-electron chi connectivity index (χ2n) is 8.05. The number of benzene rings is 1. The molecule has 0 aliphatic carbocycles. The first-order valence-corrected chi connectivity index (χ1v) is 9.26. The van der Waals surface area contributed by atoms with E-state index < -0.39 is 5.60 Å². The van der Waals surface area contributed by atoms with Gasteiger partial charge in [0.05, 0.1) is 5.60 Å². The lowest BCUT2D eigenvalue weighted by atomic mass is 9.98. The smallest absolute Gasteiger partial charge is 0.0594 e. The molecule has 3 nitrogen and oxygen atoms in total. The third kappa shape index (κ3) is 5.03. The van der Waals surface area contributed by atoms with Gasteiger partial charge in [-0.05, 0) is 70.2 Å². The standard InChI is InChI=1S/C20H32N2O/c1-20(2,23)11-9-17-5-7-18(8-6-17)15-21-14-10-19(16-21)22-12-3-4-13-22/h5-8,19,23H,3-4,9-16H2,1-2H3. The summed E-state index contributed by atoms with van der Waals surface area (Å²) < 4.78 is 0. The predicted octanol–water partition coefficient (Wildman–Crippen LogP) is 3.06. The van der Waals surface area contributed by atoms with E-state index >= 15 is 0 Å². The highest BCUT2D eigenvalue weighted by atomic mass is 16.3. The second-order valence-corrected chi connectivity index (χ2v) is 8.05. The summed E-state index contributed by atoms with van der Waals surface area (Å²) in [4.78, 5) is 5.30. The Bertz CT molecular complexity index is 485. The molecule has 128 valence electrons. The SMILES string of the molecule is CC(C)(O)CCc1ccc(CN2CCC(N3CCCC3)C2)cc1. The fraction of sp³-hybridized carbons (Fsp3) is 0.700. The molecule has 1 N–H and O–H groups in total. The summed E-state index contributed by atoms with van der Waals surface area (Å²) >= 11 is 0. The Labute approximate surface area is 141 Å². The van der Waals surface area contributed by atoms with Gasteiger partial charge in [0.15, 0.2) is 0 Å². The lowest BCUT2D eigenvalue weighted by Gasteiger charge is -2.23. The summed E-state index contributed by atoms with van der Waals surface area (Å²) in [6.45, 7) is 9.94. The summed E-state index contributed by atoms with van der Waals surface area (Å²) in [6.07, 6.45) is 5.88. The van der Waals surface area contributed by atoms with Crippen molar-refractivity contribution in [3.63, 3.8) is 0 Å². The molecule has 2 aliphatic heterocycles. The van der Waals surface area contributed by atoms with Crippen molar-refractivity contribution < 1.29 is 5.11 Å². The molecule has 0 saturated carbocycles. The molecule has 3 rings (SSSR count). The van der Waals surface area contributed by atoms with Crippen LogP contribution in [-0.2, 0) is 13.0 Å². The molecular formula is C20H32N2O. The van der Waals surface area contributed by atoms with Crippen LogP contribution in [0.3, 0.4) is 0 Å². The highest BCUT2D eigenvalue weighted by Gasteiger charge is 2.28. The van der Waals surface area contributed by atoms with E-state index in [2.05, 4.69) is 34.1 Å². The highest BCUT2D eigenvalue weighted by Crippen LogP contribution is 2.22. The summed E-state index contributed by atoms with van der Waals surface area (Å²) in [5.74, 6) is 0. The predicted molar refractivity (Wildman–Crippen MR) is 95.5 cm³/mol. The van der Waals surface area contributed by atoms with Crippen LogP contribution in [0.25, 0.3) is 0 Å². The molecule has 0 bridgehead atoms. The lowest BCUT2D eigenvalue weighted by Crippen LogP contribution is -2.35. The van der Waals surface area contributed by atoms with Crippen molar-refractivity contribution >= 4 is 0 Å². The molecule has 0 aromatic heterocycles. The zero-order chi connectivity index (χ0) is 16.3. The molecule has 0 amide bonds. The van der Waals surface area contributed by atoms with Crippen LogP contribution in [0.1, 0.15) is 50.7 Å². The van der Waals surface area contributed by atoms with Crippen LogP contribution in [0.4, 0.5) is 0 Å². The van der Waals surface area contributed by atoms with E-state index in [1.807, 2.05) is 13.8 Å². The van der Waals surface area contributed by atoms with Crippen LogP contribution in [0, 0.1) is 0 Å². The summed E-state index contributed by atoms with van der Waals surface area (Å²) in [7, 11) is 0. The number of hydrogen-bond donors (Lipinski definition) is 1. The van der Waals surface area contributed by atoms with Gasteiger partial charge in [-0.15, -0.1) is 0 Å². The molecule has 0 radical (unpaired) electrons. The highest BCUT2D eigenvalue weighted by molar-refractivity contribution is 5.23. The minimum atomic E-state index is -0.571. The van der Waals surface area contributed by atoms with Crippen LogP contribution < -0.4 is 0 Å². The molecule has 1 atom stereocenters. The van der Waals surface area contributed by atoms with E-state index in [4.69, 9.17) is 0 Å². The van der Waals surface area contributed by atoms with Crippen molar-refractivity contribution in [2.24, 2.45) is 0 Å². The molecule has 2 fully saturated rings. The lowest BCUT2D eigenvalue weighted by molar-refractivity contribution is 0.0714. The first-order chi connectivity index (χ1) is 11.0. The summed E-state index contributed by atoms with van der Waals surface area (Å²) in [5, 5.41) is 9.83. The summed E-state index contributed by atoms with van der Waals surface area (Å²) in [6, 6.07) is 9.79. The van der Waals surface area contributed by atoms with Gasteiger partial charge in [-0.25, -0.2) is 0 Å².